The van der Waals surface area contributed by atoms with Gasteiger partial charge in [-0.05, 0) is 48.0 Å². The number of nitrogens with one attached hydrogen (secondary N) is 1. The molecular formula is C15H17ClFN5S. The van der Waals surface area contributed by atoms with E-state index in [4.69, 9.17) is 17.3 Å². The summed E-state index contributed by atoms with van der Waals surface area (Å²) < 4.78 is 14.4. The SMILES string of the molecule is Cc1c(C[C@@H](N)CF)cc2c(NCc3cccs3)nc(Cl)nn12. The highest BCUT2D eigenvalue weighted by molar-refractivity contribution is 7.09. The predicted octanol–water partition coefficient (Wildman–Crippen LogP) is 3.20. The summed E-state index contributed by atoms with van der Waals surface area (Å²) in [4.78, 5) is 5.47. The molecule has 8 heteroatoms. The largest absolute Gasteiger partial charge is 0.363 e. The second kappa shape index (κ2) is 6.82. The Morgan fingerprint density at radius 2 is 2.35 bits per heavy atom. The number of halogens is 2. The number of hydrogen-bond donors (Lipinski definition) is 2. The summed E-state index contributed by atoms with van der Waals surface area (Å²) in [5.41, 5.74) is 8.38. The van der Waals surface area contributed by atoms with E-state index in [-0.39, 0.29) is 5.28 Å². The second-order valence-electron chi connectivity index (χ2n) is 5.33. The smallest absolute Gasteiger partial charge is 0.243 e. The summed E-state index contributed by atoms with van der Waals surface area (Å²) in [6, 6.07) is 5.48. The molecule has 0 bridgehead atoms. The maximum absolute atomic E-state index is 12.7. The van der Waals surface area contributed by atoms with Gasteiger partial charge in [-0.2, -0.15) is 4.98 Å². The van der Waals surface area contributed by atoms with Crippen LogP contribution in [0.5, 0.6) is 0 Å². The first-order chi connectivity index (χ1) is 11.1. The van der Waals surface area contributed by atoms with Gasteiger partial charge in [-0.25, -0.2) is 8.91 Å². The fourth-order valence-corrected chi connectivity index (χ4v) is 3.26. The Kier molecular flexibility index (Phi) is 4.79. The van der Waals surface area contributed by atoms with E-state index in [1.54, 1.807) is 15.9 Å². The van der Waals surface area contributed by atoms with Gasteiger partial charge in [-0.15, -0.1) is 16.4 Å². The van der Waals surface area contributed by atoms with Crippen molar-refractivity contribution in [1.29, 1.82) is 0 Å². The van der Waals surface area contributed by atoms with Crippen molar-refractivity contribution >= 4 is 34.3 Å². The van der Waals surface area contributed by atoms with Crippen LogP contribution in [0.2, 0.25) is 5.28 Å². The monoisotopic (exact) mass is 353 g/mol. The van der Waals surface area contributed by atoms with Crippen LogP contribution in [-0.4, -0.2) is 27.3 Å². The van der Waals surface area contributed by atoms with Crippen LogP contribution in [-0.2, 0) is 13.0 Å². The maximum atomic E-state index is 12.7. The molecule has 0 aromatic carbocycles. The number of anilines is 1. The van der Waals surface area contributed by atoms with Gasteiger partial charge in [0, 0.05) is 16.6 Å². The van der Waals surface area contributed by atoms with Crippen molar-refractivity contribution < 1.29 is 4.39 Å². The Balaban J connectivity index is 1.95. The van der Waals surface area contributed by atoms with E-state index >= 15 is 0 Å². The van der Waals surface area contributed by atoms with Crippen LogP contribution in [0.3, 0.4) is 0 Å². The number of thiophene rings is 1. The molecule has 5 nitrogen and oxygen atoms in total. The first-order valence-corrected chi connectivity index (χ1v) is 8.46. The third-order valence-corrected chi connectivity index (χ3v) is 4.68. The van der Waals surface area contributed by atoms with E-state index in [2.05, 4.69) is 15.4 Å². The van der Waals surface area contributed by atoms with E-state index in [9.17, 15) is 4.39 Å². The number of hydrogen-bond acceptors (Lipinski definition) is 5. The minimum atomic E-state index is -0.554. The lowest BCUT2D eigenvalue weighted by atomic mass is 10.1. The highest BCUT2D eigenvalue weighted by Gasteiger charge is 2.15. The number of aromatic nitrogens is 3. The third kappa shape index (κ3) is 3.46. The van der Waals surface area contributed by atoms with Crippen LogP contribution >= 0.6 is 22.9 Å². The molecule has 0 amide bonds. The molecule has 1 atom stereocenters. The van der Waals surface area contributed by atoms with Crippen LogP contribution in [0.1, 0.15) is 16.1 Å². The van der Waals surface area contributed by atoms with E-state index in [0.29, 0.717) is 18.8 Å². The fraction of sp³-hybridized carbons (Fsp3) is 0.333. The summed E-state index contributed by atoms with van der Waals surface area (Å²) in [6.07, 6.45) is 0.452. The summed E-state index contributed by atoms with van der Waals surface area (Å²) in [5, 5.41) is 9.70. The van der Waals surface area contributed by atoms with Crippen LogP contribution < -0.4 is 11.1 Å². The molecule has 0 aliphatic heterocycles. The van der Waals surface area contributed by atoms with Crippen LogP contribution in [0.4, 0.5) is 10.2 Å². The summed E-state index contributed by atoms with van der Waals surface area (Å²) in [5.74, 6) is 0.654. The van der Waals surface area contributed by atoms with Gasteiger partial charge in [0.25, 0.3) is 0 Å². The van der Waals surface area contributed by atoms with Crippen LogP contribution in [0, 0.1) is 6.92 Å². The lowest BCUT2D eigenvalue weighted by molar-refractivity contribution is 0.426. The van der Waals surface area contributed by atoms with Crippen LogP contribution in [0.25, 0.3) is 5.52 Å². The molecule has 0 saturated carbocycles. The van der Waals surface area contributed by atoms with Gasteiger partial charge in [0.05, 0.1) is 6.54 Å². The lowest BCUT2D eigenvalue weighted by Gasteiger charge is -2.07. The average molecular weight is 354 g/mol. The van der Waals surface area contributed by atoms with Gasteiger partial charge in [-0.1, -0.05) is 6.07 Å². The van der Waals surface area contributed by atoms with Crippen molar-refractivity contribution in [3.8, 4) is 0 Å². The Hall–Kier alpha value is -1.70. The zero-order valence-electron chi connectivity index (χ0n) is 12.6. The standard InChI is InChI=1S/C15H17ClFN5S/c1-9-10(5-11(18)7-17)6-13-14(20-15(16)21-22(9)13)19-8-12-3-2-4-23-12/h2-4,6,11H,5,7-8,18H2,1H3,(H,19,20,21)/t11-/m1/s1. The van der Waals surface area contributed by atoms with E-state index in [1.165, 1.54) is 4.88 Å². The molecule has 0 aliphatic carbocycles. The highest BCUT2D eigenvalue weighted by atomic mass is 35.5. The minimum Gasteiger partial charge on any atom is -0.363 e. The number of fused-ring (bicyclic) bond motifs is 1. The maximum Gasteiger partial charge on any atom is 0.243 e. The van der Waals surface area contributed by atoms with Gasteiger partial charge in [0.2, 0.25) is 5.28 Å². The third-order valence-electron chi connectivity index (χ3n) is 3.64. The van der Waals surface area contributed by atoms with Crippen molar-refractivity contribution in [2.24, 2.45) is 5.73 Å². The van der Waals surface area contributed by atoms with E-state index in [0.717, 1.165) is 16.8 Å². The van der Waals surface area contributed by atoms with Crippen molar-refractivity contribution in [2.45, 2.75) is 25.9 Å². The molecule has 3 heterocycles. The molecule has 0 spiro atoms. The first kappa shape index (κ1) is 16.2. The molecule has 0 aliphatic rings. The number of rotatable bonds is 6. The number of nitrogens with two attached hydrogens (primary N) is 1. The van der Waals surface area contributed by atoms with Crippen molar-refractivity contribution in [2.75, 3.05) is 12.0 Å². The van der Waals surface area contributed by atoms with Gasteiger partial charge in [0.15, 0.2) is 5.82 Å². The molecule has 3 rings (SSSR count). The minimum absolute atomic E-state index is 0.159. The van der Waals surface area contributed by atoms with Crippen molar-refractivity contribution in [3.63, 3.8) is 0 Å². The zero-order valence-corrected chi connectivity index (χ0v) is 14.2. The summed E-state index contributed by atoms with van der Waals surface area (Å²) >= 11 is 7.70. The molecule has 3 N–H and O–H groups in total. The number of aryl methyl sites for hydroxylation is 1. The second-order valence-corrected chi connectivity index (χ2v) is 6.70. The van der Waals surface area contributed by atoms with Crippen molar-refractivity contribution in [3.05, 3.63) is 45.0 Å². The molecule has 3 aromatic rings. The first-order valence-electron chi connectivity index (χ1n) is 7.21. The fourth-order valence-electron chi connectivity index (χ4n) is 2.46. The lowest BCUT2D eigenvalue weighted by Crippen LogP contribution is -2.25. The molecule has 3 aromatic heterocycles. The summed E-state index contributed by atoms with van der Waals surface area (Å²) in [7, 11) is 0. The highest BCUT2D eigenvalue weighted by Crippen LogP contribution is 2.24. The van der Waals surface area contributed by atoms with Gasteiger partial charge in [-0.3, -0.25) is 0 Å². The van der Waals surface area contributed by atoms with E-state index < -0.39 is 12.7 Å². The topological polar surface area (TPSA) is 68.2 Å². The van der Waals surface area contributed by atoms with Gasteiger partial charge < -0.3 is 11.1 Å². The summed E-state index contributed by atoms with van der Waals surface area (Å²) in [6.45, 7) is 2.02. The Bertz CT molecular complexity index is 802. The number of nitrogens with zero attached hydrogens (tertiary/aromatic N) is 3. The zero-order chi connectivity index (χ0) is 16.4. The molecule has 0 saturated heterocycles. The molecule has 23 heavy (non-hydrogen) atoms. The predicted molar refractivity (Wildman–Crippen MR) is 92.0 cm³/mol. The normalized spacial score (nSPS) is 12.7. The molecule has 0 radical (unpaired) electrons. The van der Waals surface area contributed by atoms with Crippen molar-refractivity contribution in [1.82, 2.24) is 14.6 Å². The number of alkyl halides is 1. The molecular weight excluding hydrogens is 337 g/mol. The molecule has 122 valence electrons. The molecule has 0 unspecified atom stereocenters. The Morgan fingerprint density at radius 3 is 3.04 bits per heavy atom. The Morgan fingerprint density at radius 1 is 1.52 bits per heavy atom. The van der Waals surface area contributed by atoms with Crippen LogP contribution in [0.15, 0.2) is 23.6 Å². The van der Waals surface area contributed by atoms with Gasteiger partial charge >= 0.3 is 0 Å². The Labute approximate surface area is 142 Å². The quantitative estimate of drug-likeness (QED) is 0.714. The molecule has 0 fully saturated rings. The average Bonchev–Trinajstić information content (AvgIpc) is 3.15. The van der Waals surface area contributed by atoms with Gasteiger partial charge in [0.1, 0.15) is 12.2 Å². The van der Waals surface area contributed by atoms with E-state index in [1.807, 2.05) is 30.5 Å².